The highest BCUT2D eigenvalue weighted by atomic mass is 16.2. The molecule has 320 valence electrons. The molecule has 0 unspecified atom stereocenters. The first-order valence-corrected chi connectivity index (χ1v) is 23.1. The van der Waals surface area contributed by atoms with Crippen LogP contribution in [0.25, 0.3) is 119 Å². The third-order valence-corrected chi connectivity index (χ3v) is 15.0. The average Bonchev–Trinajstić information content (AvgIpc) is 3.31. The Morgan fingerprint density at radius 3 is 0.909 bits per heavy atom. The summed E-state index contributed by atoms with van der Waals surface area (Å²) >= 11 is 0. The summed E-state index contributed by atoms with van der Waals surface area (Å²) in [7, 11) is 0. The number of hydrogen-bond acceptors (Lipinski definition) is 6. The molecule has 4 aromatic heterocycles. The molecule has 4 heterocycles. The lowest BCUT2D eigenvalue weighted by atomic mass is 9.77. The fraction of sp³-hybridized carbons (Fsp3) is 0.207. The third-order valence-electron chi connectivity index (χ3n) is 15.0. The smallest absolute Gasteiger partial charge is 0.266 e. The second kappa shape index (κ2) is 13.0. The van der Waals surface area contributed by atoms with Gasteiger partial charge < -0.3 is 0 Å². The van der Waals surface area contributed by atoms with Gasteiger partial charge in [-0.05, 0) is 136 Å². The van der Waals surface area contributed by atoms with Gasteiger partial charge in [-0.25, -0.2) is 9.13 Å². The predicted molar refractivity (Wildman–Crippen MR) is 273 cm³/mol. The first kappa shape index (κ1) is 38.8. The molecule has 66 heavy (non-hydrogen) atoms. The van der Waals surface area contributed by atoms with Gasteiger partial charge in [0.05, 0.1) is 11.4 Å². The average molecular weight is 861 g/mol. The zero-order valence-corrected chi connectivity index (χ0v) is 38.0. The van der Waals surface area contributed by atoms with Crippen molar-refractivity contribution in [3.63, 3.8) is 0 Å². The van der Waals surface area contributed by atoms with E-state index in [0.717, 1.165) is 97.7 Å². The van der Waals surface area contributed by atoms with E-state index in [-0.39, 0.29) is 45.9 Å². The van der Waals surface area contributed by atoms with Gasteiger partial charge in [0.25, 0.3) is 22.2 Å². The molecule has 0 aliphatic heterocycles. The van der Waals surface area contributed by atoms with Crippen LogP contribution in [0.15, 0.2) is 117 Å². The molecular formula is C58H44N4O4. The van der Waals surface area contributed by atoms with E-state index < -0.39 is 0 Å². The molecule has 0 N–H and O–H groups in total. The maximum absolute atomic E-state index is 15.6. The molecule has 0 bridgehead atoms. The summed E-state index contributed by atoms with van der Waals surface area (Å²) in [5, 5.41) is 15.0. The first-order chi connectivity index (χ1) is 31.8. The Morgan fingerprint density at radius 2 is 0.621 bits per heavy atom. The van der Waals surface area contributed by atoms with E-state index in [1.165, 1.54) is 9.13 Å². The highest BCUT2D eigenvalue weighted by Crippen LogP contribution is 2.55. The Balaban J connectivity index is 1.35. The van der Waals surface area contributed by atoms with Crippen molar-refractivity contribution in [2.45, 2.75) is 79.1 Å². The lowest BCUT2D eigenvalue weighted by Gasteiger charge is -2.26. The van der Waals surface area contributed by atoms with Crippen molar-refractivity contribution in [1.82, 2.24) is 19.1 Å². The summed E-state index contributed by atoms with van der Waals surface area (Å²) in [5.41, 5.74) is 3.59. The maximum Gasteiger partial charge on any atom is 0.266 e. The van der Waals surface area contributed by atoms with Crippen molar-refractivity contribution in [3.05, 3.63) is 161 Å². The Labute approximate surface area is 377 Å². The van der Waals surface area contributed by atoms with Gasteiger partial charge in [-0.15, -0.1) is 0 Å². The number of nitrogens with zero attached hydrogens (tertiary/aromatic N) is 4. The van der Waals surface area contributed by atoms with Crippen molar-refractivity contribution in [2.75, 3.05) is 0 Å². The van der Waals surface area contributed by atoms with E-state index in [2.05, 4.69) is 65.4 Å². The molecule has 13 aromatic rings. The van der Waals surface area contributed by atoms with Crippen molar-refractivity contribution >= 4 is 108 Å². The van der Waals surface area contributed by atoms with Crippen LogP contribution < -0.4 is 22.2 Å². The van der Waals surface area contributed by atoms with Gasteiger partial charge in [0, 0.05) is 78.6 Å². The van der Waals surface area contributed by atoms with Gasteiger partial charge in [0.1, 0.15) is 0 Å². The van der Waals surface area contributed by atoms with Crippen LogP contribution in [0.2, 0.25) is 0 Å². The van der Waals surface area contributed by atoms with E-state index in [0.29, 0.717) is 43.7 Å². The van der Waals surface area contributed by atoms with Crippen LogP contribution in [0.4, 0.5) is 0 Å². The van der Waals surface area contributed by atoms with E-state index in [4.69, 9.17) is 0 Å². The minimum Gasteiger partial charge on any atom is -0.268 e. The van der Waals surface area contributed by atoms with Gasteiger partial charge >= 0.3 is 0 Å². The molecule has 9 aromatic carbocycles. The summed E-state index contributed by atoms with van der Waals surface area (Å²) in [6.45, 7) is 16.8. The fourth-order valence-corrected chi connectivity index (χ4v) is 12.1. The number of para-hydroxylation sites is 2. The molecule has 0 saturated heterocycles. The normalized spacial score (nSPS) is 13.0. The molecule has 0 aliphatic carbocycles. The van der Waals surface area contributed by atoms with E-state index in [9.17, 15) is 0 Å². The van der Waals surface area contributed by atoms with Crippen molar-refractivity contribution in [1.29, 1.82) is 0 Å². The number of benzene rings is 9. The van der Waals surface area contributed by atoms with Crippen LogP contribution >= 0.6 is 0 Å². The van der Waals surface area contributed by atoms with Crippen LogP contribution in [0, 0.1) is 0 Å². The Morgan fingerprint density at radius 1 is 0.333 bits per heavy atom. The molecule has 13 rings (SSSR count). The van der Waals surface area contributed by atoms with E-state index >= 15 is 19.2 Å². The number of aromatic nitrogens is 4. The Bertz CT molecular complexity index is 3950. The van der Waals surface area contributed by atoms with Crippen LogP contribution in [0.3, 0.4) is 0 Å². The van der Waals surface area contributed by atoms with Gasteiger partial charge in [-0.2, -0.15) is 0 Å². The van der Waals surface area contributed by atoms with Crippen LogP contribution in [-0.4, -0.2) is 19.1 Å². The van der Waals surface area contributed by atoms with E-state index in [1.807, 2.05) is 85.2 Å². The molecule has 0 aliphatic rings. The second-order valence-corrected chi connectivity index (χ2v) is 19.8. The van der Waals surface area contributed by atoms with Gasteiger partial charge in [0.2, 0.25) is 0 Å². The molecule has 8 heteroatoms. The fourth-order valence-electron chi connectivity index (χ4n) is 12.1. The summed E-state index contributed by atoms with van der Waals surface area (Å²) in [5.74, 6) is 0.164. The molecule has 0 fully saturated rings. The molecule has 0 amide bonds. The van der Waals surface area contributed by atoms with E-state index in [1.54, 1.807) is 12.4 Å². The Hall–Kier alpha value is -7.58. The zero-order chi connectivity index (χ0) is 45.5. The third kappa shape index (κ3) is 4.58. The molecule has 8 nitrogen and oxygen atoms in total. The minimum atomic E-state index is -0.364. The van der Waals surface area contributed by atoms with Gasteiger partial charge in [-0.1, -0.05) is 91.8 Å². The number of fused-ring (bicyclic) bond motifs is 6. The quantitative estimate of drug-likeness (QED) is 0.122. The van der Waals surface area contributed by atoms with Gasteiger partial charge in [0.15, 0.2) is 0 Å². The number of hydrogen-bond donors (Lipinski definition) is 0. The highest BCUT2D eigenvalue weighted by Gasteiger charge is 2.32. The lowest BCUT2D eigenvalue weighted by Crippen LogP contribution is -2.34. The van der Waals surface area contributed by atoms with Crippen molar-refractivity contribution < 1.29 is 0 Å². The molecule has 0 spiro atoms. The summed E-state index contributed by atoms with van der Waals surface area (Å²) in [6.07, 6.45) is 7.23. The van der Waals surface area contributed by atoms with Crippen LogP contribution in [0.1, 0.15) is 101 Å². The topological polar surface area (TPSA) is 104 Å². The second-order valence-electron chi connectivity index (χ2n) is 19.8. The zero-order valence-electron chi connectivity index (χ0n) is 38.0. The minimum absolute atomic E-state index is 0.0409. The number of pyridine rings is 4. The molecule has 0 atom stereocenters. The molecule has 0 saturated carbocycles. The van der Waals surface area contributed by atoms with Crippen LogP contribution in [-0.2, 0) is 0 Å². The van der Waals surface area contributed by atoms with Gasteiger partial charge in [-0.3, -0.25) is 29.1 Å². The summed E-state index contributed by atoms with van der Waals surface area (Å²) in [6, 6.07) is 24.0. The monoisotopic (exact) mass is 860 g/mol. The highest BCUT2D eigenvalue weighted by molar-refractivity contribution is 6.54. The summed E-state index contributed by atoms with van der Waals surface area (Å²) < 4.78 is 2.88. The summed E-state index contributed by atoms with van der Waals surface area (Å²) in [4.78, 5) is 71.6. The molecular weight excluding hydrogens is 817 g/mol. The van der Waals surface area contributed by atoms with Crippen LogP contribution in [0.5, 0.6) is 0 Å². The van der Waals surface area contributed by atoms with Crippen molar-refractivity contribution in [3.8, 4) is 11.4 Å². The Kier molecular flexibility index (Phi) is 7.67. The number of rotatable bonds is 6. The largest absolute Gasteiger partial charge is 0.268 e. The maximum atomic E-state index is 15.6. The molecule has 0 radical (unpaired) electrons. The predicted octanol–water partition coefficient (Wildman–Crippen LogP) is 12.7. The standard InChI is InChI=1S/C58H44N4O4/c1-25(2)29-11-9-12-30(26(3)4)53(29)61-55(63)39-19-35-33-15-17-60-24-44(33)38-22-42-46-40(56(64)62(58(42)66)54-31(27(5)6)13-10-14-32(54)28(7)8)20-36-34-16-18-59-23-43(34)37-21-41(57(61)65)45(39)51-47(35)50(38)52(46)48(36)49(37)51/h9-28H,1-8H3. The SMILES string of the molecule is CC(C)c1cccc(C(C)C)c1-n1c(=O)c2cc3c4ccncc4c4cc5c(=O)n(-c6c(C(C)C)cccc6C(C)C)c(=O)c6cc7c8ccncc8c8cc(c1=O)c2c1c3c4c(c65)c7c81. The lowest BCUT2D eigenvalue weighted by molar-refractivity contribution is 0.792. The van der Waals surface area contributed by atoms with Crippen molar-refractivity contribution in [2.24, 2.45) is 0 Å². The first-order valence-electron chi connectivity index (χ1n) is 23.1.